The van der Waals surface area contributed by atoms with Gasteiger partial charge in [-0.3, -0.25) is 9.59 Å². The van der Waals surface area contributed by atoms with Crippen LogP contribution < -0.4 is 0 Å². The van der Waals surface area contributed by atoms with Crippen LogP contribution in [-0.4, -0.2) is 47.6 Å². The predicted molar refractivity (Wildman–Crippen MR) is 295 cm³/mol. The van der Waals surface area contributed by atoms with E-state index in [0.717, 1.165) is 38.8 Å². The number of aryl methyl sites for hydroxylation is 6. The molecule has 0 radical (unpaired) electrons. The molecule has 0 spiro atoms. The van der Waals surface area contributed by atoms with Crippen molar-refractivity contribution in [3.63, 3.8) is 0 Å². The zero-order valence-electron chi connectivity index (χ0n) is 45.8. The van der Waals surface area contributed by atoms with Gasteiger partial charge in [-0.25, -0.2) is 16.8 Å². The first-order valence-electron chi connectivity index (χ1n) is 25.7. The number of halogens is 6. The Morgan fingerprint density at radius 2 is 0.976 bits per heavy atom. The van der Waals surface area contributed by atoms with E-state index in [2.05, 4.69) is 0 Å². The van der Waals surface area contributed by atoms with Crippen molar-refractivity contribution in [1.29, 1.82) is 0 Å². The molecule has 2 unspecified atom stereocenters. The lowest BCUT2D eigenvalue weighted by Crippen LogP contribution is -2.35. The molecule has 12 nitrogen and oxygen atoms in total. The quantitative estimate of drug-likeness (QED) is 0.0741. The molecule has 8 aromatic rings. The number of hydrogen-bond donors (Lipinski definition) is 2. The summed E-state index contributed by atoms with van der Waals surface area (Å²) in [7, 11) is -8.94. The van der Waals surface area contributed by atoms with E-state index in [9.17, 15) is 49.8 Å². The number of nitrogens with zero attached hydrogens (tertiary/aromatic N) is 2. The van der Waals surface area contributed by atoms with Gasteiger partial charge < -0.3 is 19.0 Å². The Kier molecular flexibility index (Phi) is 16.8. The molecule has 20 heteroatoms. The number of alkyl halides is 6. The van der Waals surface area contributed by atoms with E-state index >= 15 is 13.2 Å². The van der Waals surface area contributed by atoms with Gasteiger partial charge in [0, 0.05) is 18.7 Å². The minimum atomic E-state index is -5.28. The van der Waals surface area contributed by atoms with Crippen LogP contribution in [0, 0.1) is 41.5 Å². The Balaban J connectivity index is 1.13. The molecule has 0 aliphatic heterocycles. The van der Waals surface area contributed by atoms with Crippen LogP contribution in [-0.2, 0) is 73.6 Å². The predicted octanol–water partition coefficient (Wildman–Crippen LogP) is 14.5. The van der Waals surface area contributed by atoms with E-state index in [4.69, 9.17) is 8.83 Å². The first kappa shape index (κ1) is 60.3. The average Bonchev–Trinajstić information content (AvgIpc) is 2.47. The second-order valence-corrected chi connectivity index (χ2v) is 24.6. The largest absolute Gasteiger partial charge is 0.481 e. The molecule has 0 fully saturated rings. The highest BCUT2D eigenvalue weighted by atomic mass is 32.2. The monoisotopic (exact) mass is 1170 g/mol. The third-order valence-corrected chi connectivity index (χ3v) is 18.7. The zero-order chi connectivity index (χ0) is 60.0. The minimum Gasteiger partial charge on any atom is -0.481 e. The van der Waals surface area contributed by atoms with Crippen molar-refractivity contribution in [2.45, 2.75) is 115 Å². The fraction of sp³-hybridized carbons (Fsp3) is 0.258. The van der Waals surface area contributed by atoms with Crippen LogP contribution in [0.25, 0.3) is 22.3 Å². The molecule has 2 heterocycles. The third kappa shape index (κ3) is 12.5. The van der Waals surface area contributed by atoms with Crippen LogP contribution in [0.2, 0.25) is 0 Å². The summed E-state index contributed by atoms with van der Waals surface area (Å²) in [5.74, 6) is -7.23. The summed E-state index contributed by atoms with van der Waals surface area (Å²) in [5, 5.41) is 20.6. The van der Waals surface area contributed by atoms with Gasteiger partial charge in [-0.1, -0.05) is 126 Å². The van der Waals surface area contributed by atoms with Crippen molar-refractivity contribution in [3.8, 4) is 22.3 Å². The van der Waals surface area contributed by atoms with Crippen molar-refractivity contribution >= 4 is 32.0 Å². The molecule has 430 valence electrons. The van der Waals surface area contributed by atoms with Crippen LogP contribution in [0.1, 0.15) is 104 Å². The van der Waals surface area contributed by atoms with E-state index in [0.29, 0.717) is 67.3 Å². The molecule has 0 aliphatic rings. The highest BCUT2D eigenvalue weighted by Gasteiger charge is 2.49. The lowest BCUT2D eigenvalue weighted by atomic mass is 9.75. The number of carbonyl (C=O) groups is 2. The third-order valence-electron chi connectivity index (χ3n) is 14.5. The number of sulfonamides is 2. The van der Waals surface area contributed by atoms with E-state index in [1.54, 1.807) is 152 Å². The molecule has 2 atom stereocenters. The zero-order valence-corrected chi connectivity index (χ0v) is 47.5. The molecule has 0 saturated heterocycles. The van der Waals surface area contributed by atoms with Crippen LogP contribution in [0.3, 0.4) is 0 Å². The molecule has 2 N–H and O–H groups in total. The summed E-state index contributed by atoms with van der Waals surface area (Å²) in [6.45, 7) is 10.6. The summed E-state index contributed by atoms with van der Waals surface area (Å²) in [4.78, 5) is 25.2. The van der Waals surface area contributed by atoms with E-state index in [-0.39, 0.29) is 34.2 Å². The molecule has 0 amide bonds. The van der Waals surface area contributed by atoms with Crippen molar-refractivity contribution in [1.82, 2.24) is 8.61 Å². The fourth-order valence-electron chi connectivity index (χ4n) is 10.5. The molecule has 8 rings (SSSR count). The van der Waals surface area contributed by atoms with Crippen LogP contribution in [0.4, 0.5) is 26.3 Å². The smallest absolute Gasteiger partial charge is 0.449 e. The number of rotatable bonds is 19. The molecule has 6 aromatic carbocycles. The lowest BCUT2D eigenvalue weighted by Gasteiger charge is -2.26. The Morgan fingerprint density at radius 3 is 1.40 bits per heavy atom. The topological polar surface area (TPSA) is 176 Å². The maximum Gasteiger partial charge on any atom is 0.449 e. The Hall–Kier alpha value is -7.78. The van der Waals surface area contributed by atoms with Gasteiger partial charge in [0.2, 0.25) is 31.6 Å². The molecule has 0 aliphatic carbocycles. The van der Waals surface area contributed by atoms with Gasteiger partial charge in [0.05, 0.1) is 28.8 Å². The number of furan rings is 2. The highest BCUT2D eigenvalue weighted by molar-refractivity contribution is 7.89. The standard InChI is InChI=1S/C62H58F6N2O10S2/c1-36-25-38(3)55(39(4)26-36)81(75,76)69(34-51-23-24-54(79-51)61(63,64)65)32-43-17-21-46(22-18-43)49-13-10-14-50(30-49)60(8,59(73)74)53-31-52(80-57(53)62(66,67)68)35-70(82(77,78)56-40(5)27-37(2)28-41(56)6)33-44-15-19-45(20-16-44)48-12-9-11-47(29-48)42(7)58(71)72/h9-31,42H,32-35H2,1-8H3,(H,71,72)(H,73,74). The van der Waals surface area contributed by atoms with E-state index < -0.39 is 91.6 Å². The van der Waals surface area contributed by atoms with Crippen molar-refractivity contribution in [2.24, 2.45) is 0 Å². The SMILES string of the molecule is Cc1cc(C)c(S(=O)(=O)N(Cc2ccc(-c3cccc(C(C)(C(=O)O)c4cc(CN(Cc5ccc(-c6cccc(C(C)C(=O)O)c6)cc5)S(=O)(=O)c5c(C)cc(C)cc5C)oc4C(F)(F)F)c3)cc2)Cc2ccc(C(F)(F)F)o2)c(C)c1. The summed E-state index contributed by atoms with van der Waals surface area (Å²) >= 11 is 0. The average molecular weight is 1170 g/mol. The molecule has 0 saturated carbocycles. The van der Waals surface area contributed by atoms with Gasteiger partial charge in [-0.05, 0) is 146 Å². The van der Waals surface area contributed by atoms with Gasteiger partial charge in [0.15, 0.2) is 0 Å². The highest BCUT2D eigenvalue weighted by Crippen LogP contribution is 2.45. The first-order chi connectivity index (χ1) is 38.3. The molecule has 0 bridgehead atoms. The van der Waals surface area contributed by atoms with Gasteiger partial charge in [-0.15, -0.1) is 0 Å². The number of aliphatic carboxylic acids is 2. The van der Waals surface area contributed by atoms with Gasteiger partial charge >= 0.3 is 24.3 Å². The van der Waals surface area contributed by atoms with Crippen molar-refractivity contribution < 1.29 is 71.8 Å². The van der Waals surface area contributed by atoms with Gasteiger partial charge in [0.1, 0.15) is 16.9 Å². The molecular formula is C62H58F6N2O10S2. The van der Waals surface area contributed by atoms with E-state index in [1.807, 2.05) is 0 Å². The summed E-state index contributed by atoms with van der Waals surface area (Å²) < 4.78 is 158. The number of hydrogen-bond acceptors (Lipinski definition) is 8. The number of carboxylic acid groups (broad SMARTS) is 2. The lowest BCUT2D eigenvalue weighted by molar-refractivity contribution is -0.156. The van der Waals surface area contributed by atoms with Gasteiger partial charge in [-0.2, -0.15) is 35.0 Å². The molecule has 82 heavy (non-hydrogen) atoms. The molecule has 2 aromatic heterocycles. The maximum atomic E-state index is 15.3. The van der Waals surface area contributed by atoms with Crippen molar-refractivity contribution in [3.05, 3.63) is 224 Å². The van der Waals surface area contributed by atoms with Crippen molar-refractivity contribution in [2.75, 3.05) is 0 Å². The Morgan fingerprint density at radius 1 is 0.524 bits per heavy atom. The minimum absolute atomic E-state index is 0.0268. The van der Waals surface area contributed by atoms with E-state index in [1.165, 1.54) is 18.2 Å². The summed E-state index contributed by atoms with van der Waals surface area (Å²) in [6, 6.07) is 35.0. The second-order valence-electron chi connectivity index (χ2n) is 20.8. The normalized spacial score (nSPS) is 13.6. The maximum absolute atomic E-state index is 15.3. The summed E-state index contributed by atoms with van der Waals surface area (Å²) in [5.41, 5.74) is 3.29. The number of benzene rings is 6. The van der Waals surface area contributed by atoms with Crippen LogP contribution >= 0.6 is 0 Å². The molecular weight excluding hydrogens is 1110 g/mol. The number of carboxylic acids is 2. The summed E-state index contributed by atoms with van der Waals surface area (Å²) in [6.07, 6.45) is -10.1. The van der Waals surface area contributed by atoms with Crippen LogP contribution in [0.5, 0.6) is 0 Å². The fourth-order valence-corrected chi connectivity index (χ4v) is 14.1. The van der Waals surface area contributed by atoms with Gasteiger partial charge in [0.25, 0.3) is 0 Å². The Labute approximate surface area is 471 Å². The van der Waals surface area contributed by atoms with Crippen LogP contribution in [0.15, 0.2) is 158 Å². The second kappa shape index (κ2) is 22.9. The Bertz CT molecular complexity index is 3920. The first-order valence-corrected chi connectivity index (χ1v) is 28.5.